The summed E-state index contributed by atoms with van der Waals surface area (Å²) in [6, 6.07) is 3.91. The van der Waals surface area contributed by atoms with Crippen LogP contribution in [0.1, 0.15) is 13.3 Å². The van der Waals surface area contributed by atoms with Gasteiger partial charge in [0.05, 0.1) is 11.2 Å². The minimum absolute atomic E-state index is 0.772. The second-order valence-electron chi connectivity index (χ2n) is 3.86. The second-order valence-corrected chi connectivity index (χ2v) is 4.77. The van der Waals surface area contributed by atoms with Crippen LogP contribution in [0.2, 0.25) is 0 Å². The number of halogens is 1. The molecule has 0 fully saturated rings. The topological polar surface area (TPSA) is 47.0 Å². The molecule has 2 heterocycles. The molecule has 0 saturated heterocycles. The number of fused-ring (bicyclic) bond motifs is 1. The molecule has 4 nitrogen and oxygen atoms in total. The van der Waals surface area contributed by atoms with Gasteiger partial charge in [-0.05, 0) is 41.4 Å². The third kappa shape index (κ3) is 3.40. The normalized spacial score (nSPS) is 10.8. The zero-order valence-electron chi connectivity index (χ0n) is 10.3. The van der Waals surface area contributed by atoms with E-state index in [2.05, 4.69) is 31.2 Å². The average Bonchev–Trinajstić information content (AvgIpc) is 2.38. The van der Waals surface area contributed by atoms with Crippen molar-refractivity contribution in [3.63, 3.8) is 0 Å². The highest BCUT2D eigenvalue weighted by Crippen LogP contribution is 2.21. The first kappa shape index (κ1) is 13.2. The largest absolute Gasteiger partial charge is 0.383 e. The van der Waals surface area contributed by atoms with Gasteiger partial charge in [-0.3, -0.25) is 9.97 Å². The molecule has 2 aromatic heterocycles. The molecule has 0 aromatic carbocycles. The van der Waals surface area contributed by atoms with Crippen molar-refractivity contribution >= 4 is 32.7 Å². The predicted octanol–water partition coefficient (Wildman–Crippen LogP) is 3.23. The number of nitrogens with one attached hydrogen (secondary N) is 1. The van der Waals surface area contributed by atoms with E-state index in [1.807, 2.05) is 19.1 Å². The van der Waals surface area contributed by atoms with E-state index in [9.17, 15) is 0 Å². The Labute approximate surface area is 115 Å². The molecule has 0 unspecified atom stereocenters. The number of hydrogen-bond donors (Lipinski definition) is 1. The monoisotopic (exact) mass is 309 g/mol. The maximum absolute atomic E-state index is 5.30. The van der Waals surface area contributed by atoms with Crippen molar-refractivity contribution in [1.82, 2.24) is 9.97 Å². The van der Waals surface area contributed by atoms with Gasteiger partial charge in [0.2, 0.25) is 0 Å². The van der Waals surface area contributed by atoms with Crippen LogP contribution in [0, 0.1) is 0 Å². The maximum atomic E-state index is 5.30. The first-order valence-electron chi connectivity index (χ1n) is 6.03. The number of rotatable bonds is 6. The SMILES string of the molecule is CCOCCCNc1ccnc2cc(Br)cnc12. The lowest BCUT2D eigenvalue weighted by atomic mass is 10.3. The smallest absolute Gasteiger partial charge is 0.112 e. The van der Waals surface area contributed by atoms with Gasteiger partial charge in [0.25, 0.3) is 0 Å². The van der Waals surface area contributed by atoms with E-state index >= 15 is 0 Å². The molecule has 1 N–H and O–H groups in total. The van der Waals surface area contributed by atoms with Crippen LogP contribution < -0.4 is 5.32 Å². The summed E-state index contributed by atoms with van der Waals surface area (Å²) in [4.78, 5) is 8.70. The van der Waals surface area contributed by atoms with Crippen molar-refractivity contribution in [3.8, 4) is 0 Å². The lowest BCUT2D eigenvalue weighted by Crippen LogP contribution is -2.06. The molecule has 0 aliphatic rings. The van der Waals surface area contributed by atoms with Gasteiger partial charge in [-0.1, -0.05) is 0 Å². The van der Waals surface area contributed by atoms with Gasteiger partial charge in [0, 0.05) is 36.6 Å². The molecule has 18 heavy (non-hydrogen) atoms. The predicted molar refractivity (Wildman–Crippen MR) is 76.8 cm³/mol. The Hall–Kier alpha value is -1.20. The van der Waals surface area contributed by atoms with E-state index in [-0.39, 0.29) is 0 Å². The lowest BCUT2D eigenvalue weighted by Gasteiger charge is -2.08. The quantitative estimate of drug-likeness (QED) is 0.832. The number of nitrogens with zero attached hydrogens (tertiary/aromatic N) is 2. The Balaban J connectivity index is 2.04. The standard InChI is InChI=1S/C13H16BrN3O/c1-2-18-7-3-5-15-11-4-6-16-12-8-10(14)9-17-13(11)12/h4,6,8-9H,2-3,5,7H2,1H3,(H,15,16). The number of anilines is 1. The Morgan fingerprint density at radius 3 is 3.11 bits per heavy atom. The summed E-state index contributed by atoms with van der Waals surface area (Å²) in [5.74, 6) is 0. The highest BCUT2D eigenvalue weighted by atomic mass is 79.9. The van der Waals surface area contributed by atoms with E-state index in [1.165, 1.54) is 0 Å². The molecule has 0 radical (unpaired) electrons. The van der Waals surface area contributed by atoms with E-state index < -0.39 is 0 Å². The van der Waals surface area contributed by atoms with Crippen molar-refractivity contribution in [1.29, 1.82) is 0 Å². The molecule has 0 amide bonds. The van der Waals surface area contributed by atoms with Crippen molar-refractivity contribution in [2.45, 2.75) is 13.3 Å². The Morgan fingerprint density at radius 2 is 2.28 bits per heavy atom. The van der Waals surface area contributed by atoms with E-state index in [1.54, 1.807) is 12.4 Å². The van der Waals surface area contributed by atoms with Crippen LogP contribution in [0.25, 0.3) is 11.0 Å². The van der Waals surface area contributed by atoms with Crippen molar-refractivity contribution in [2.75, 3.05) is 25.1 Å². The van der Waals surface area contributed by atoms with Gasteiger partial charge < -0.3 is 10.1 Å². The van der Waals surface area contributed by atoms with Crippen molar-refractivity contribution in [2.24, 2.45) is 0 Å². The van der Waals surface area contributed by atoms with Gasteiger partial charge >= 0.3 is 0 Å². The lowest BCUT2D eigenvalue weighted by molar-refractivity contribution is 0.147. The van der Waals surface area contributed by atoms with Gasteiger partial charge in [-0.15, -0.1) is 0 Å². The van der Waals surface area contributed by atoms with Gasteiger partial charge in [0.15, 0.2) is 0 Å². The molecule has 0 saturated carbocycles. The minimum Gasteiger partial charge on any atom is -0.383 e. The van der Waals surface area contributed by atoms with Crippen LogP contribution in [-0.2, 0) is 4.74 Å². The van der Waals surface area contributed by atoms with Crippen LogP contribution in [0.15, 0.2) is 29.0 Å². The van der Waals surface area contributed by atoms with Gasteiger partial charge in [-0.2, -0.15) is 0 Å². The van der Waals surface area contributed by atoms with Crippen LogP contribution in [0.4, 0.5) is 5.69 Å². The Kier molecular flexibility index (Phi) is 4.90. The average molecular weight is 310 g/mol. The third-order valence-electron chi connectivity index (χ3n) is 2.53. The first-order valence-corrected chi connectivity index (χ1v) is 6.82. The first-order chi connectivity index (χ1) is 8.81. The van der Waals surface area contributed by atoms with E-state index in [4.69, 9.17) is 4.74 Å². The summed E-state index contributed by atoms with van der Waals surface area (Å²) in [5.41, 5.74) is 2.81. The maximum Gasteiger partial charge on any atom is 0.112 e. The molecule has 96 valence electrons. The Morgan fingerprint density at radius 1 is 1.39 bits per heavy atom. The number of aromatic nitrogens is 2. The van der Waals surface area contributed by atoms with E-state index in [0.717, 1.165) is 47.4 Å². The van der Waals surface area contributed by atoms with Crippen LogP contribution >= 0.6 is 15.9 Å². The fraction of sp³-hybridized carbons (Fsp3) is 0.385. The van der Waals surface area contributed by atoms with Crippen molar-refractivity contribution in [3.05, 3.63) is 29.0 Å². The summed E-state index contributed by atoms with van der Waals surface area (Å²) in [7, 11) is 0. The molecule has 0 aliphatic heterocycles. The summed E-state index contributed by atoms with van der Waals surface area (Å²) < 4.78 is 6.24. The molecule has 0 aliphatic carbocycles. The summed E-state index contributed by atoms with van der Waals surface area (Å²) in [5, 5.41) is 3.37. The van der Waals surface area contributed by atoms with E-state index in [0.29, 0.717) is 0 Å². The molecule has 2 rings (SSSR count). The number of pyridine rings is 2. The van der Waals surface area contributed by atoms with Gasteiger partial charge in [-0.25, -0.2) is 0 Å². The van der Waals surface area contributed by atoms with Crippen molar-refractivity contribution < 1.29 is 4.74 Å². The highest BCUT2D eigenvalue weighted by Gasteiger charge is 2.03. The molecule has 5 heteroatoms. The van der Waals surface area contributed by atoms with Gasteiger partial charge in [0.1, 0.15) is 5.52 Å². The Bertz CT molecular complexity index is 519. The molecule has 0 spiro atoms. The number of hydrogen-bond acceptors (Lipinski definition) is 4. The molecule has 2 aromatic rings. The third-order valence-corrected chi connectivity index (χ3v) is 2.96. The van der Waals surface area contributed by atoms with Crippen LogP contribution in [0.3, 0.4) is 0 Å². The zero-order valence-corrected chi connectivity index (χ0v) is 11.9. The molecule has 0 atom stereocenters. The zero-order chi connectivity index (χ0) is 12.8. The van der Waals surface area contributed by atoms with Crippen LogP contribution in [0.5, 0.6) is 0 Å². The minimum atomic E-state index is 0.772. The number of ether oxygens (including phenoxy) is 1. The summed E-state index contributed by atoms with van der Waals surface area (Å²) >= 11 is 3.40. The molecular weight excluding hydrogens is 294 g/mol. The molecular formula is C13H16BrN3O. The summed E-state index contributed by atoms with van der Waals surface area (Å²) in [6.07, 6.45) is 4.56. The fourth-order valence-electron chi connectivity index (χ4n) is 1.69. The highest BCUT2D eigenvalue weighted by molar-refractivity contribution is 9.10. The summed E-state index contributed by atoms with van der Waals surface area (Å²) in [6.45, 7) is 4.43. The second kappa shape index (κ2) is 6.66. The fourth-order valence-corrected chi connectivity index (χ4v) is 2.01. The van der Waals surface area contributed by atoms with Crippen LogP contribution in [-0.4, -0.2) is 29.7 Å². The molecule has 0 bridgehead atoms.